The number of ketones is 4. The second-order valence-electron chi connectivity index (χ2n) is 43.9. The minimum atomic E-state index is -2.44. The molecule has 806 valence electrons. The predicted molar refractivity (Wildman–Crippen MR) is 555 cm³/mol. The number of rotatable bonds is 18. The quantitative estimate of drug-likeness (QED) is 0.0452. The average Bonchev–Trinajstić information content (AvgIpc) is 0.773. The van der Waals surface area contributed by atoms with E-state index in [0.29, 0.717) is 139 Å². The molecule has 27 heteroatoms. The molecule has 27 nitrogen and oxygen atoms in total. The van der Waals surface area contributed by atoms with Gasteiger partial charge in [-0.05, 0) is 274 Å². The number of cyclic esters (lactones) is 2. The third-order valence-corrected chi connectivity index (χ3v) is 32.6. The SMILES string of the molecule is C=C1[C@H](C)C[C@H](C)/C=C/C=C/C=C(\C)C(OCCC2CCOCC2)C[C@@H]2CC[C@@H](C)[C@@](O)(O2)C(=O)C(=O)N2CCCCC2C(=O)O[C@H]([C@H](C)C[C@@H]2CC[C@@H](O)[C@H](OC)C2)CC(=O)[C@H](C)/C=C(\C)[C@@H](O)[C@H]1OC.C=C1[C@H](C)C[C@H](C)/C=C/C=C/C=C(\C)C(OCCc2ccccc2)C[C@@H]2CC[C@@H](C)[C@@](O)(O2)C(=O)C(=O)N2CCCCC2C(=O)O[C@H]([C@H](C)C[C@@H]2CC[C@@H](O)[C@H](OC)C2)CC(=O)[C@H](C)/C=C(\C)[C@@H](O)[C@H]1OC. The van der Waals surface area contributed by atoms with Crippen LogP contribution in [0.2, 0.25) is 0 Å². The maximum Gasteiger partial charge on any atom is 0.329 e. The number of aliphatic hydroxyl groups excluding tert-OH is 4. The van der Waals surface area contributed by atoms with Gasteiger partial charge in [-0.2, -0.15) is 0 Å². The molecule has 1 aromatic carbocycles. The first-order valence-electron chi connectivity index (χ1n) is 54.0. The van der Waals surface area contributed by atoms with Crippen LogP contribution in [0.4, 0.5) is 0 Å². The molecule has 0 radical (unpaired) electrons. The number of carbonyl (C=O) groups is 8. The first-order chi connectivity index (χ1) is 68.5. The molecule has 2 amide bonds. The molecule has 7 aliphatic heterocycles. The standard InChI is InChI=1S/C59H87NO12.C58H91NO13/c1-37-19-13-11-14-20-38(2)51(70-30-28-45-21-15-12-16-22-45)35-47-26-24-43(7)59(67,72-47)56(64)57(65)60-29-18-17-23-48(60)58(66)71-52(41(5)33-46-25-27-49(61)53(34-46)68-9)36-50(62)40(4)32-42(6)54(63)55(69-10)44(8)39(3)31-37;1-36-16-12-11-13-17-37(2)50(70-29-25-44-23-27-69-28-24-44)34-46-21-19-42(7)58(66,72-46)55(63)56(64)59-26-15-14-18-47(59)57(65)71-51(40(5)32-45-20-22-48(60)52(33-45)67-9)35-49(61)39(4)31-41(6)53(62)54(68-10)43(8)38(3)30-36/h11-16,19-22,32,37,39-41,43,46-49,51-55,61,63,67H,8,17-18,23-31,33-36H2,1-7,9-10H3;11-13,16-17,31,36,38-40,42,44-48,50-54,60,62,66H,8,14-15,18-30,32-35H2,1-7,9-10H3/b14-11+,19-13+,38-20+,42-32+;13-11+,16-12+,37-17+,41-31+/t37-,39-,40-,41-,43-,46+,47+,48?,49-,51?,52+,53-,54-,55+,59-;36-,38-,39-,40-,42-,45+,46+,47?,48-,50?,51+,52-,53-,54+,58-/m11/s1. The van der Waals surface area contributed by atoms with Gasteiger partial charge in [-0.1, -0.05) is 186 Å². The van der Waals surface area contributed by atoms with Gasteiger partial charge >= 0.3 is 11.9 Å². The van der Waals surface area contributed by atoms with Crippen molar-refractivity contribution in [3.05, 3.63) is 155 Å². The van der Waals surface area contributed by atoms with Crippen molar-refractivity contribution in [1.29, 1.82) is 0 Å². The Labute approximate surface area is 859 Å². The second kappa shape index (κ2) is 58.7. The van der Waals surface area contributed by atoms with Gasteiger partial charge in [0.1, 0.15) is 60.3 Å². The number of ether oxygens (including phenoxy) is 11. The first kappa shape index (κ1) is 120. The number of aliphatic hydroxyl groups is 6. The summed E-state index contributed by atoms with van der Waals surface area (Å²) in [4.78, 5) is 118. The molecular formula is C117H178N2O25. The average molecular weight is 2010 g/mol. The lowest BCUT2D eigenvalue weighted by Gasteiger charge is -2.43. The summed E-state index contributed by atoms with van der Waals surface area (Å²) in [7, 11) is 6.26. The van der Waals surface area contributed by atoms with Crippen LogP contribution in [-0.4, -0.2) is 264 Å². The Bertz CT molecular complexity index is 4560. The molecule has 4 bridgehead atoms. The first-order valence-corrected chi connectivity index (χ1v) is 54.0. The normalized spacial score (nSPS) is 38.4. The Morgan fingerprint density at radius 2 is 0.868 bits per heavy atom. The molecule has 0 aromatic heterocycles. The van der Waals surface area contributed by atoms with Gasteiger partial charge < -0.3 is 92.5 Å². The highest BCUT2D eigenvalue weighted by atomic mass is 16.6. The Hall–Kier alpha value is -7.42. The van der Waals surface area contributed by atoms with Crippen LogP contribution in [0.15, 0.2) is 150 Å². The third-order valence-electron chi connectivity index (χ3n) is 32.6. The van der Waals surface area contributed by atoms with E-state index in [2.05, 4.69) is 53.0 Å². The highest BCUT2D eigenvalue weighted by molar-refractivity contribution is 6.39. The van der Waals surface area contributed by atoms with Crippen molar-refractivity contribution in [3.8, 4) is 0 Å². The molecule has 2 saturated carbocycles. The number of hydrogen-bond donors (Lipinski definition) is 6. The molecule has 144 heavy (non-hydrogen) atoms. The lowest BCUT2D eigenvalue weighted by atomic mass is 9.78. The van der Waals surface area contributed by atoms with Crippen LogP contribution in [0.3, 0.4) is 0 Å². The Balaban J connectivity index is 0.000000321. The second-order valence-corrected chi connectivity index (χ2v) is 43.9. The number of piperidine rings is 2. The lowest BCUT2D eigenvalue weighted by molar-refractivity contribution is -0.266. The highest BCUT2D eigenvalue weighted by Crippen LogP contribution is 2.43. The molecule has 4 unspecified atom stereocenters. The van der Waals surface area contributed by atoms with E-state index in [1.54, 1.807) is 82.1 Å². The van der Waals surface area contributed by atoms with E-state index in [0.717, 1.165) is 86.0 Å². The molecule has 7 heterocycles. The Morgan fingerprint density at radius 1 is 0.458 bits per heavy atom. The van der Waals surface area contributed by atoms with Gasteiger partial charge in [0, 0.05) is 111 Å². The van der Waals surface area contributed by atoms with Crippen molar-refractivity contribution >= 4 is 46.9 Å². The summed E-state index contributed by atoms with van der Waals surface area (Å²) in [6.07, 6.45) is 29.5. The zero-order valence-electron chi connectivity index (χ0n) is 89.8. The van der Waals surface area contributed by atoms with Crippen molar-refractivity contribution in [3.63, 3.8) is 0 Å². The molecule has 10 rings (SSSR count). The number of fused-ring (bicyclic) bond motifs is 6. The van der Waals surface area contributed by atoms with E-state index in [1.165, 1.54) is 9.80 Å². The monoisotopic (exact) mass is 2010 g/mol. The van der Waals surface area contributed by atoms with Gasteiger partial charge in [-0.3, -0.25) is 28.8 Å². The molecule has 1 aromatic rings. The largest absolute Gasteiger partial charge is 0.460 e. The van der Waals surface area contributed by atoms with Crippen LogP contribution in [0.25, 0.3) is 0 Å². The van der Waals surface area contributed by atoms with Crippen LogP contribution in [0, 0.1) is 76.9 Å². The fourth-order valence-electron chi connectivity index (χ4n) is 22.7. The number of hydrogen-bond acceptors (Lipinski definition) is 25. The van der Waals surface area contributed by atoms with E-state index in [-0.39, 0.29) is 110 Å². The fourth-order valence-corrected chi connectivity index (χ4v) is 22.7. The minimum absolute atomic E-state index is 0.00540. The number of methoxy groups -OCH3 is 4. The van der Waals surface area contributed by atoms with Gasteiger partial charge in [0.05, 0.1) is 55.4 Å². The molecule has 7 fully saturated rings. The number of allylic oxidation sites excluding steroid dienone is 12. The molecule has 0 spiro atoms. The van der Waals surface area contributed by atoms with E-state index in [4.69, 9.17) is 52.1 Å². The van der Waals surface area contributed by atoms with E-state index >= 15 is 0 Å². The zero-order valence-corrected chi connectivity index (χ0v) is 89.8. The topological polar surface area (TPSA) is 366 Å². The number of carbonyl (C=O) groups excluding carboxylic acids is 8. The number of esters is 2. The van der Waals surface area contributed by atoms with E-state index < -0.39 is 156 Å². The van der Waals surface area contributed by atoms with Gasteiger partial charge in [0.25, 0.3) is 23.4 Å². The van der Waals surface area contributed by atoms with Crippen molar-refractivity contribution < 1.29 is 121 Å². The summed E-state index contributed by atoms with van der Waals surface area (Å²) in [6.45, 7) is 38.1. The maximum atomic E-state index is 14.5. The summed E-state index contributed by atoms with van der Waals surface area (Å²) in [6, 6.07) is 7.80. The van der Waals surface area contributed by atoms with Crippen molar-refractivity contribution in [1.82, 2.24) is 9.80 Å². The number of amides is 2. The van der Waals surface area contributed by atoms with Crippen LogP contribution in [0.5, 0.6) is 0 Å². The summed E-state index contributed by atoms with van der Waals surface area (Å²) in [5.74, 6) is -13.3. The summed E-state index contributed by atoms with van der Waals surface area (Å²) < 4.78 is 67.0. The van der Waals surface area contributed by atoms with Crippen LogP contribution < -0.4 is 0 Å². The van der Waals surface area contributed by atoms with E-state index in [9.17, 15) is 69.0 Å². The number of Topliss-reactive ketones (excluding diaryl/α,β-unsaturated/α-hetero) is 4. The van der Waals surface area contributed by atoms with Crippen molar-refractivity contribution in [2.24, 2.45) is 76.9 Å². The van der Waals surface area contributed by atoms with Crippen LogP contribution in [-0.2, 0) is 96.9 Å². The fraction of sp³-hybridized carbons (Fsp3) is 0.709. The van der Waals surface area contributed by atoms with Gasteiger partial charge in [0.15, 0.2) is 0 Å². The van der Waals surface area contributed by atoms with Crippen molar-refractivity contribution in [2.45, 2.75) is 386 Å². The molecule has 2 aliphatic carbocycles. The minimum Gasteiger partial charge on any atom is -0.460 e. The molecule has 5 saturated heterocycles. The smallest absolute Gasteiger partial charge is 0.329 e. The van der Waals surface area contributed by atoms with Crippen LogP contribution >= 0.6 is 0 Å². The molecule has 9 aliphatic rings. The number of nitrogens with zero attached hydrogens (tertiary/aromatic N) is 2. The Kier molecular flexibility index (Phi) is 48.9. The highest BCUT2D eigenvalue weighted by Gasteiger charge is 2.56. The third kappa shape index (κ3) is 34.3. The van der Waals surface area contributed by atoms with Crippen molar-refractivity contribution in [2.75, 3.05) is 68.0 Å². The van der Waals surface area contributed by atoms with Gasteiger partial charge in [-0.25, -0.2) is 9.59 Å². The lowest BCUT2D eigenvalue weighted by Crippen LogP contribution is -2.61. The zero-order chi connectivity index (χ0) is 105. The van der Waals surface area contributed by atoms with Gasteiger partial charge in [0.2, 0.25) is 11.6 Å². The summed E-state index contributed by atoms with van der Waals surface area (Å²) >= 11 is 0. The number of benzene rings is 1. The van der Waals surface area contributed by atoms with Gasteiger partial charge in [-0.15, -0.1) is 0 Å². The van der Waals surface area contributed by atoms with E-state index in [1.807, 2.05) is 107 Å². The summed E-state index contributed by atoms with van der Waals surface area (Å²) in [5, 5.41) is 68.8. The molecule has 6 N–H and O–H groups in total. The maximum absolute atomic E-state index is 14.5. The predicted octanol–water partition coefficient (Wildman–Crippen LogP) is 17.1. The Morgan fingerprint density at radius 3 is 1.27 bits per heavy atom. The molecule has 30 atom stereocenters. The molecular weight excluding hydrogens is 1830 g/mol. The summed E-state index contributed by atoms with van der Waals surface area (Å²) in [5.41, 5.74) is 5.58. The van der Waals surface area contributed by atoms with Crippen LogP contribution in [0.1, 0.15) is 276 Å².